The van der Waals surface area contributed by atoms with Crippen LogP contribution in [0.3, 0.4) is 0 Å². The number of benzene rings is 2. The number of rotatable bonds is 12. The molecule has 5 nitrogen and oxygen atoms in total. The van der Waals surface area contributed by atoms with E-state index in [2.05, 4.69) is 10.3 Å². The molecule has 0 bridgehead atoms. The number of pyridine rings is 1. The Bertz CT molecular complexity index is 955. The lowest BCUT2D eigenvalue weighted by Gasteiger charge is -2.16. The van der Waals surface area contributed by atoms with Gasteiger partial charge in [0.1, 0.15) is 6.61 Å². The summed E-state index contributed by atoms with van der Waals surface area (Å²) in [6.45, 7) is 4.88. The first-order chi connectivity index (χ1) is 15.2. The van der Waals surface area contributed by atoms with Crippen molar-refractivity contribution in [2.45, 2.75) is 26.5 Å². The van der Waals surface area contributed by atoms with Gasteiger partial charge in [0, 0.05) is 23.8 Å². The molecular formula is C24H26Cl2N2O3. The monoisotopic (exact) mass is 460 g/mol. The van der Waals surface area contributed by atoms with Gasteiger partial charge in [0.15, 0.2) is 11.5 Å². The maximum atomic E-state index is 6.51. The van der Waals surface area contributed by atoms with Gasteiger partial charge in [-0.25, -0.2) is 4.98 Å². The molecule has 0 amide bonds. The average Bonchev–Trinajstić information content (AvgIpc) is 2.76. The molecule has 3 rings (SSSR count). The third-order valence-corrected chi connectivity index (χ3v) is 4.87. The van der Waals surface area contributed by atoms with Crippen molar-refractivity contribution in [3.63, 3.8) is 0 Å². The van der Waals surface area contributed by atoms with E-state index in [4.69, 9.17) is 37.4 Å². The van der Waals surface area contributed by atoms with Crippen LogP contribution in [0.25, 0.3) is 0 Å². The number of aromatic nitrogens is 1. The van der Waals surface area contributed by atoms with Crippen LogP contribution in [-0.2, 0) is 13.2 Å². The van der Waals surface area contributed by atoms with Gasteiger partial charge in [-0.15, -0.1) is 0 Å². The van der Waals surface area contributed by atoms with E-state index < -0.39 is 0 Å². The molecule has 0 saturated carbocycles. The van der Waals surface area contributed by atoms with Crippen molar-refractivity contribution in [3.8, 4) is 17.4 Å². The highest BCUT2D eigenvalue weighted by Crippen LogP contribution is 2.37. The molecule has 0 aliphatic heterocycles. The normalized spacial score (nSPS) is 10.7. The maximum absolute atomic E-state index is 6.51. The van der Waals surface area contributed by atoms with E-state index in [0.29, 0.717) is 53.8 Å². The molecule has 0 saturated heterocycles. The number of hydrogen-bond acceptors (Lipinski definition) is 5. The molecule has 2 aromatic carbocycles. The van der Waals surface area contributed by atoms with Gasteiger partial charge in [-0.05, 0) is 61.3 Å². The lowest BCUT2D eigenvalue weighted by Crippen LogP contribution is -2.17. The molecular weight excluding hydrogens is 435 g/mol. The molecule has 31 heavy (non-hydrogen) atoms. The van der Waals surface area contributed by atoms with E-state index in [1.165, 1.54) is 0 Å². The number of hydrogen-bond donors (Lipinski definition) is 1. The second-order valence-corrected chi connectivity index (χ2v) is 7.65. The zero-order valence-electron chi connectivity index (χ0n) is 17.4. The van der Waals surface area contributed by atoms with Crippen molar-refractivity contribution in [1.29, 1.82) is 0 Å². The van der Waals surface area contributed by atoms with Gasteiger partial charge in [-0.3, -0.25) is 0 Å². The molecule has 3 aromatic rings. The number of nitrogens with zero attached hydrogens (tertiary/aromatic N) is 1. The minimum absolute atomic E-state index is 0.355. The summed E-state index contributed by atoms with van der Waals surface area (Å²) in [5, 5.41) is 4.59. The highest BCUT2D eigenvalue weighted by Gasteiger charge is 2.13. The zero-order valence-corrected chi connectivity index (χ0v) is 19.0. The summed E-state index contributed by atoms with van der Waals surface area (Å²) in [6, 6.07) is 17.0. The number of halogens is 2. The summed E-state index contributed by atoms with van der Waals surface area (Å²) in [5.41, 5.74) is 1.99. The van der Waals surface area contributed by atoms with E-state index in [9.17, 15) is 0 Å². The van der Waals surface area contributed by atoms with Crippen molar-refractivity contribution in [1.82, 2.24) is 10.3 Å². The zero-order chi connectivity index (χ0) is 21.9. The van der Waals surface area contributed by atoms with E-state index >= 15 is 0 Å². The molecule has 1 aromatic heterocycles. The van der Waals surface area contributed by atoms with Gasteiger partial charge < -0.3 is 19.5 Å². The van der Waals surface area contributed by atoms with Gasteiger partial charge in [-0.2, -0.15) is 0 Å². The first kappa shape index (κ1) is 23.2. The van der Waals surface area contributed by atoms with Crippen LogP contribution in [0.4, 0.5) is 0 Å². The Labute approximate surface area is 193 Å². The summed E-state index contributed by atoms with van der Waals surface area (Å²) in [6.07, 6.45) is 2.58. The molecule has 0 atom stereocenters. The smallest absolute Gasteiger partial charge is 0.213 e. The van der Waals surface area contributed by atoms with E-state index in [-0.39, 0.29) is 0 Å². The lowest BCUT2D eigenvalue weighted by atomic mass is 10.2. The summed E-state index contributed by atoms with van der Waals surface area (Å²) in [7, 11) is 0. The highest BCUT2D eigenvalue weighted by molar-refractivity contribution is 6.32. The fraction of sp³-hybridized carbons (Fsp3) is 0.292. The molecule has 1 N–H and O–H groups in total. The van der Waals surface area contributed by atoms with Crippen molar-refractivity contribution in [2.24, 2.45) is 0 Å². The van der Waals surface area contributed by atoms with Crippen LogP contribution < -0.4 is 19.5 Å². The van der Waals surface area contributed by atoms with Gasteiger partial charge >= 0.3 is 0 Å². The molecule has 164 valence electrons. The minimum atomic E-state index is 0.355. The second-order valence-electron chi connectivity index (χ2n) is 6.80. The third kappa shape index (κ3) is 7.62. The molecule has 7 heteroatoms. The predicted octanol–water partition coefficient (Wildman–Crippen LogP) is 5.92. The van der Waals surface area contributed by atoms with E-state index in [0.717, 1.165) is 24.1 Å². The van der Waals surface area contributed by atoms with Crippen LogP contribution in [-0.4, -0.2) is 24.7 Å². The molecule has 0 unspecified atom stereocenters. The van der Waals surface area contributed by atoms with Crippen LogP contribution in [0, 0.1) is 0 Å². The quantitative estimate of drug-likeness (QED) is 0.339. The first-order valence-electron chi connectivity index (χ1n) is 10.2. The van der Waals surface area contributed by atoms with Gasteiger partial charge in [0.2, 0.25) is 5.88 Å². The van der Waals surface area contributed by atoms with Crippen molar-refractivity contribution < 1.29 is 14.2 Å². The molecule has 0 fully saturated rings. The Hall–Kier alpha value is -2.47. The van der Waals surface area contributed by atoms with Crippen LogP contribution in [0.2, 0.25) is 10.0 Å². The van der Waals surface area contributed by atoms with Crippen LogP contribution in [0.15, 0.2) is 60.8 Å². The van der Waals surface area contributed by atoms with Gasteiger partial charge in [0.05, 0.1) is 18.2 Å². The minimum Gasteiger partial charge on any atom is -0.490 e. The van der Waals surface area contributed by atoms with Crippen LogP contribution in [0.5, 0.6) is 17.4 Å². The Morgan fingerprint density at radius 1 is 0.935 bits per heavy atom. The molecule has 0 aliphatic carbocycles. The number of ether oxygens (including phenoxy) is 3. The summed E-state index contributed by atoms with van der Waals surface area (Å²) in [5.74, 6) is 1.81. The fourth-order valence-electron chi connectivity index (χ4n) is 2.95. The SMILES string of the molecule is CCOc1cc(CNCCCOc2ccccn2)cc(Cl)c1OCc1cccc(Cl)c1. The molecule has 1 heterocycles. The van der Waals surface area contributed by atoms with Crippen LogP contribution >= 0.6 is 23.2 Å². The van der Waals surface area contributed by atoms with Crippen LogP contribution in [0.1, 0.15) is 24.5 Å². The fourth-order valence-corrected chi connectivity index (χ4v) is 3.45. The first-order valence-corrected chi connectivity index (χ1v) is 11.0. The Morgan fingerprint density at radius 3 is 2.61 bits per heavy atom. The van der Waals surface area contributed by atoms with Crippen molar-refractivity contribution >= 4 is 23.2 Å². The van der Waals surface area contributed by atoms with E-state index in [1.54, 1.807) is 6.20 Å². The largest absolute Gasteiger partial charge is 0.490 e. The molecule has 0 aliphatic rings. The Morgan fingerprint density at radius 2 is 1.84 bits per heavy atom. The maximum Gasteiger partial charge on any atom is 0.213 e. The van der Waals surface area contributed by atoms with Gasteiger partial charge in [0.25, 0.3) is 0 Å². The lowest BCUT2D eigenvalue weighted by molar-refractivity contribution is 0.269. The topological polar surface area (TPSA) is 52.6 Å². The number of nitrogens with one attached hydrogen (secondary N) is 1. The Balaban J connectivity index is 1.51. The second kappa shape index (κ2) is 12.4. The van der Waals surface area contributed by atoms with Crippen molar-refractivity contribution in [2.75, 3.05) is 19.8 Å². The van der Waals surface area contributed by atoms with Crippen molar-refractivity contribution in [3.05, 3.63) is 82.0 Å². The molecule has 0 spiro atoms. The van der Waals surface area contributed by atoms with E-state index in [1.807, 2.05) is 61.5 Å². The standard InChI is InChI=1S/C24H26Cl2N2O3/c1-2-29-22-15-19(16-27-10-6-12-30-23-9-3-4-11-28-23)14-21(26)24(22)31-17-18-7-5-8-20(25)13-18/h3-5,7-9,11,13-15,27H,2,6,10,12,16-17H2,1H3. The summed E-state index contributed by atoms with van der Waals surface area (Å²) < 4.78 is 17.3. The summed E-state index contributed by atoms with van der Waals surface area (Å²) in [4.78, 5) is 4.14. The van der Waals surface area contributed by atoms with Gasteiger partial charge in [-0.1, -0.05) is 41.4 Å². The summed E-state index contributed by atoms with van der Waals surface area (Å²) >= 11 is 12.6. The third-order valence-electron chi connectivity index (χ3n) is 4.36. The highest BCUT2D eigenvalue weighted by atomic mass is 35.5. The predicted molar refractivity (Wildman–Crippen MR) is 124 cm³/mol. The average molecular weight is 461 g/mol. The molecule has 0 radical (unpaired) electrons. The Kier molecular flexibility index (Phi) is 9.28.